The average Bonchev–Trinajstić information content (AvgIpc) is 2.78. The molecule has 5 heteroatoms. The number of hydrogen-bond donors (Lipinski definition) is 2. The molecule has 1 aromatic heterocycles. The Morgan fingerprint density at radius 3 is 2.26 bits per heavy atom. The molecule has 0 amide bonds. The van der Waals surface area contributed by atoms with Gasteiger partial charge in [-0.2, -0.15) is 0 Å². The van der Waals surface area contributed by atoms with E-state index in [1.807, 2.05) is 24.4 Å². The molecule has 0 aliphatic rings. The molecule has 0 bridgehead atoms. The summed E-state index contributed by atoms with van der Waals surface area (Å²) in [6.07, 6.45) is 2.92. The molecule has 4 nitrogen and oxygen atoms in total. The maximum atomic E-state index is 6.59. The standard InChI is InChI=1S/C26H30N4.HI/c1-4-24(30(5-2)6-3)26-19(17-10-8-7-9-11-17)15-22(28)21-16-29-23-13-12-18(27)14-20(23)25(21)26;/h7-16,24H,4-6,27-28H2,1-3H3;1H. The molecular formula is C26H31IN4. The minimum atomic E-state index is 0. The predicted octanol–water partition coefficient (Wildman–Crippen LogP) is 6.63. The van der Waals surface area contributed by atoms with E-state index in [1.54, 1.807) is 0 Å². The Balaban J connectivity index is 0.00000272. The van der Waals surface area contributed by atoms with Gasteiger partial charge in [0.05, 0.1) is 5.52 Å². The van der Waals surface area contributed by atoms with E-state index in [4.69, 9.17) is 11.5 Å². The Morgan fingerprint density at radius 2 is 1.61 bits per heavy atom. The van der Waals surface area contributed by atoms with E-state index in [2.05, 4.69) is 67.1 Å². The number of hydrogen-bond acceptors (Lipinski definition) is 4. The third-order valence-corrected chi connectivity index (χ3v) is 6.12. The highest BCUT2D eigenvalue weighted by atomic mass is 127. The summed E-state index contributed by atoms with van der Waals surface area (Å²) in [4.78, 5) is 7.20. The van der Waals surface area contributed by atoms with Gasteiger partial charge in [-0.3, -0.25) is 9.88 Å². The lowest BCUT2D eigenvalue weighted by Crippen LogP contribution is -2.28. The van der Waals surface area contributed by atoms with Crippen molar-refractivity contribution < 1.29 is 0 Å². The number of nitrogen functional groups attached to an aromatic ring is 2. The van der Waals surface area contributed by atoms with Gasteiger partial charge in [-0.1, -0.05) is 51.1 Å². The van der Waals surface area contributed by atoms with Gasteiger partial charge >= 0.3 is 0 Å². The zero-order valence-corrected chi connectivity index (χ0v) is 20.8. The molecule has 1 heterocycles. The van der Waals surface area contributed by atoms with Crippen LogP contribution in [0, 0.1) is 0 Å². The van der Waals surface area contributed by atoms with E-state index in [0.29, 0.717) is 0 Å². The van der Waals surface area contributed by atoms with Crippen molar-refractivity contribution in [1.29, 1.82) is 0 Å². The van der Waals surface area contributed by atoms with Crippen molar-refractivity contribution in [3.8, 4) is 11.1 Å². The lowest BCUT2D eigenvalue weighted by atomic mass is 9.86. The highest BCUT2D eigenvalue weighted by Gasteiger charge is 2.25. The largest absolute Gasteiger partial charge is 0.399 e. The van der Waals surface area contributed by atoms with Gasteiger partial charge in [0.2, 0.25) is 0 Å². The first-order valence-electron chi connectivity index (χ1n) is 10.8. The van der Waals surface area contributed by atoms with E-state index >= 15 is 0 Å². The van der Waals surface area contributed by atoms with Gasteiger partial charge in [-0.15, -0.1) is 24.0 Å². The minimum absolute atomic E-state index is 0. The fourth-order valence-corrected chi connectivity index (χ4v) is 4.68. The van der Waals surface area contributed by atoms with Crippen LogP contribution in [0.1, 0.15) is 38.8 Å². The first-order chi connectivity index (χ1) is 14.6. The lowest BCUT2D eigenvalue weighted by molar-refractivity contribution is 0.215. The Bertz CT molecular complexity index is 1190. The molecule has 4 rings (SSSR count). The molecule has 0 saturated heterocycles. The van der Waals surface area contributed by atoms with Gasteiger partial charge in [0.15, 0.2) is 0 Å². The van der Waals surface area contributed by atoms with Crippen LogP contribution in [-0.2, 0) is 0 Å². The second kappa shape index (κ2) is 9.83. The van der Waals surface area contributed by atoms with Crippen LogP contribution in [0.5, 0.6) is 0 Å². The number of pyridine rings is 1. The zero-order chi connectivity index (χ0) is 21.3. The number of nitrogens with zero attached hydrogens (tertiary/aromatic N) is 2. The van der Waals surface area contributed by atoms with Crippen molar-refractivity contribution >= 4 is 57.0 Å². The van der Waals surface area contributed by atoms with Crippen molar-refractivity contribution in [2.24, 2.45) is 0 Å². The van der Waals surface area contributed by atoms with Crippen LogP contribution < -0.4 is 11.5 Å². The molecule has 4 N–H and O–H groups in total. The number of nitrogens with two attached hydrogens (primary N) is 2. The summed E-state index contributed by atoms with van der Waals surface area (Å²) < 4.78 is 0. The lowest BCUT2D eigenvalue weighted by Gasteiger charge is -2.32. The zero-order valence-electron chi connectivity index (χ0n) is 18.4. The summed E-state index contributed by atoms with van der Waals surface area (Å²) in [6, 6.07) is 18.9. The fraction of sp³-hybridized carbons (Fsp3) is 0.269. The highest BCUT2D eigenvalue weighted by Crippen LogP contribution is 2.43. The molecule has 31 heavy (non-hydrogen) atoms. The molecule has 1 atom stereocenters. The quantitative estimate of drug-likeness (QED) is 0.168. The van der Waals surface area contributed by atoms with E-state index in [0.717, 1.165) is 47.2 Å². The van der Waals surface area contributed by atoms with Crippen LogP contribution in [0.2, 0.25) is 0 Å². The van der Waals surface area contributed by atoms with Gasteiger partial charge in [-0.25, -0.2) is 0 Å². The van der Waals surface area contributed by atoms with E-state index < -0.39 is 0 Å². The third-order valence-electron chi connectivity index (χ3n) is 6.12. The molecule has 0 spiro atoms. The minimum Gasteiger partial charge on any atom is -0.399 e. The molecule has 3 aromatic carbocycles. The van der Waals surface area contributed by atoms with Crippen molar-refractivity contribution in [1.82, 2.24) is 9.88 Å². The second-order valence-corrected chi connectivity index (χ2v) is 7.76. The summed E-state index contributed by atoms with van der Waals surface area (Å²) >= 11 is 0. The number of benzene rings is 3. The molecule has 1 unspecified atom stereocenters. The van der Waals surface area contributed by atoms with Gasteiger partial charge in [-0.05, 0) is 60.5 Å². The maximum Gasteiger partial charge on any atom is 0.0710 e. The Labute approximate surface area is 201 Å². The number of rotatable bonds is 6. The van der Waals surface area contributed by atoms with Crippen LogP contribution in [0.25, 0.3) is 32.8 Å². The molecule has 0 aliphatic carbocycles. The smallest absolute Gasteiger partial charge is 0.0710 e. The molecule has 0 radical (unpaired) electrons. The van der Waals surface area contributed by atoms with E-state index in [-0.39, 0.29) is 30.0 Å². The fourth-order valence-electron chi connectivity index (χ4n) is 4.68. The number of fused-ring (bicyclic) bond motifs is 3. The average molecular weight is 526 g/mol. The number of halogens is 1. The molecule has 0 saturated carbocycles. The monoisotopic (exact) mass is 526 g/mol. The predicted molar refractivity (Wildman–Crippen MR) is 145 cm³/mol. The second-order valence-electron chi connectivity index (χ2n) is 7.76. The summed E-state index contributed by atoms with van der Waals surface area (Å²) in [5, 5.41) is 3.23. The maximum absolute atomic E-state index is 6.59. The molecule has 0 aliphatic heterocycles. The van der Waals surface area contributed by atoms with E-state index in [1.165, 1.54) is 22.1 Å². The van der Waals surface area contributed by atoms with Gasteiger partial charge in [0.25, 0.3) is 0 Å². The number of aromatic nitrogens is 1. The van der Waals surface area contributed by atoms with Crippen molar-refractivity contribution in [2.75, 3.05) is 24.6 Å². The number of anilines is 2. The van der Waals surface area contributed by atoms with Crippen molar-refractivity contribution in [3.05, 3.63) is 66.4 Å². The molecule has 0 fully saturated rings. The van der Waals surface area contributed by atoms with Crippen LogP contribution >= 0.6 is 24.0 Å². The van der Waals surface area contributed by atoms with Gasteiger partial charge in [0.1, 0.15) is 0 Å². The summed E-state index contributed by atoms with van der Waals surface area (Å²) in [6.45, 7) is 8.69. The molecule has 162 valence electrons. The van der Waals surface area contributed by atoms with Gasteiger partial charge in [0, 0.05) is 39.8 Å². The highest BCUT2D eigenvalue weighted by molar-refractivity contribution is 14.0. The van der Waals surface area contributed by atoms with Crippen molar-refractivity contribution in [2.45, 2.75) is 33.2 Å². The van der Waals surface area contributed by atoms with Crippen LogP contribution in [0.4, 0.5) is 11.4 Å². The summed E-state index contributed by atoms with van der Waals surface area (Å²) in [5.41, 5.74) is 18.9. The SMILES string of the molecule is CCC(c1c(-c2ccccc2)cc(N)c2cnc3ccc(N)cc3c12)N(CC)CC.I. The van der Waals surface area contributed by atoms with Crippen molar-refractivity contribution in [3.63, 3.8) is 0 Å². The molecule has 4 aromatic rings. The molecular weight excluding hydrogens is 495 g/mol. The summed E-state index contributed by atoms with van der Waals surface area (Å²) in [7, 11) is 0. The topological polar surface area (TPSA) is 68.2 Å². The first-order valence-corrected chi connectivity index (χ1v) is 10.8. The Kier molecular flexibility index (Phi) is 7.38. The van der Waals surface area contributed by atoms with Crippen LogP contribution in [0.15, 0.2) is 60.8 Å². The third kappa shape index (κ3) is 4.21. The normalized spacial score (nSPS) is 12.3. The Hall–Kier alpha value is -2.38. The summed E-state index contributed by atoms with van der Waals surface area (Å²) in [5.74, 6) is 0. The van der Waals surface area contributed by atoms with E-state index in [9.17, 15) is 0 Å². The van der Waals surface area contributed by atoms with Gasteiger partial charge < -0.3 is 11.5 Å². The van der Waals surface area contributed by atoms with Crippen LogP contribution in [0.3, 0.4) is 0 Å². The van der Waals surface area contributed by atoms with Crippen LogP contribution in [-0.4, -0.2) is 23.0 Å². The Morgan fingerprint density at radius 1 is 0.903 bits per heavy atom. The first kappa shape index (κ1) is 23.3.